The van der Waals surface area contributed by atoms with E-state index in [1.54, 1.807) is 37.3 Å². The number of hydrogen-bond acceptors (Lipinski definition) is 5. The molecular formula is C23H19ClN2O4. The average Bonchev–Trinajstić information content (AvgIpc) is 3.29. The van der Waals surface area contributed by atoms with Crippen LogP contribution in [0.15, 0.2) is 64.7 Å². The Bertz CT molecular complexity index is 1150. The molecule has 0 bridgehead atoms. The van der Waals surface area contributed by atoms with Gasteiger partial charge in [0.1, 0.15) is 11.5 Å². The van der Waals surface area contributed by atoms with Crippen LogP contribution in [0.3, 0.4) is 0 Å². The summed E-state index contributed by atoms with van der Waals surface area (Å²) in [4.78, 5) is 27.2. The molecule has 1 aliphatic rings. The molecule has 1 atom stereocenters. The molecule has 1 amide bonds. The van der Waals surface area contributed by atoms with Crippen LogP contribution in [0.25, 0.3) is 5.76 Å². The Labute approximate surface area is 178 Å². The Morgan fingerprint density at radius 1 is 1.13 bits per heavy atom. The van der Waals surface area contributed by atoms with Gasteiger partial charge in [0.25, 0.3) is 5.78 Å². The van der Waals surface area contributed by atoms with E-state index in [0.717, 1.165) is 12.0 Å². The number of aryl methyl sites for hydroxylation is 2. The van der Waals surface area contributed by atoms with Gasteiger partial charge >= 0.3 is 5.91 Å². The van der Waals surface area contributed by atoms with Gasteiger partial charge in [-0.25, -0.2) is 0 Å². The molecule has 0 radical (unpaired) electrons. The van der Waals surface area contributed by atoms with Crippen molar-refractivity contribution in [1.29, 1.82) is 0 Å². The SMILES string of the molecule is CCc1ccc([C@@H]2/C(=C(\O)c3ccc(Cl)cc3)C(=O)C(=O)N2c2cc(C)on2)cc1. The Morgan fingerprint density at radius 3 is 2.37 bits per heavy atom. The van der Waals surface area contributed by atoms with Crippen LogP contribution in [-0.2, 0) is 16.0 Å². The second-order valence-corrected chi connectivity index (χ2v) is 7.50. The lowest BCUT2D eigenvalue weighted by Crippen LogP contribution is -2.29. The van der Waals surface area contributed by atoms with Crippen LogP contribution < -0.4 is 4.90 Å². The number of hydrogen-bond donors (Lipinski definition) is 1. The molecule has 0 unspecified atom stereocenters. The Kier molecular flexibility index (Phi) is 5.18. The molecule has 1 aliphatic heterocycles. The fraction of sp³-hybridized carbons (Fsp3) is 0.174. The van der Waals surface area contributed by atoms with Crippen LogP contribution >= 0.6 is 11.6 Å². The number of aliphatic hydroxyl groups excluding tert-OH is 1. The van der Waals surface area contributed by atoms with Gasteiger partial charge in [0.15, 0.2) is 5.82 Å². The van der Waals surface area contributed by atoms with Crippen molar-refractivity contribution in [2.45, 2.75) is 26.3 Å². The fourth-order valence-corrected chi connectivity index (χ4v) is 3.68. The van der Waals surface area contributed by atoms with E-state index < -0.39 is 17.7 Å². The van der Waals surface area contributed by atoms with Crippen molar-refractivity contribution in [3.05, 3.63) is 87.6 Å². The minimum Gasteiger partial charge on any atom is -0.507 e. The van der Waals surface area contributed by atoms with Gasteiger partial charge in [-0.15, -0.1) is 0 Å². The summed E-state index contributed by atoms with van der Waals surface area (Å²) in [6, 6.07) is 14.7. The van der Waals surface area contributed by atoms with Crippen molar-refractivity contribution < 1.29 is 19.2 Å². The number of Topliss-reactive ketones (excluding diaryl/α,β-unsaturated/α-hetero) is 1. The van der Waals surface area contributed by atoms with E-state index in [1.165, 1.54) is 4.90 Å². The third kappa shape index (κ3) is 3.39. The molecule has 1 fully saturated rings. The molecule has 152 valence electrons. The monoisotopic (exact) mass is 422 g/mol. The third-order valence-corrected chi connectivity index (χ3v) is 5.38. The quantitative estimate of drug-likeness (QED) is 0.370. The highest BCUT2D eigenvalue weighted by Crippen LogP contribution is 2.42. The van der Waals surface area contributed by atoms with E-state index in [2.05, 4.69) is 5.16 Å². The number of benzene rings is 2. The predicted octanol–water partition coefficient (Wildman–Crippen LogP) is 4.83. The number of anilines is 1. The molecule has 2 heterocycles. The van der Waals surface area contributed by atoms with Gasteiger partial charge in [-0.1, -0.05) is 47.9 Å². The van der Waals surface area contributed by atoms with Crippen molar-refractivity contribution in [3.8, 4) is 0 Å². The smallest absolute Gasteiger partial charge is 0.301 e. The first-order valence-electron chi connectivity index (χ1n) is 9.49. The molecule has 30 heavy (non-hydrogen) atoms. The van der Waals surface area contributed by atoms with E-state index in [1.807, 2.05) is 31.2 Å². The molecule has 4 rings (SSSR count). The van der Waals surface area contributed by atoms with Gasteiger partial charge in [-0.3, -0.25) is 14.5 Å². The molecule has 0 saturated carbocycles. The maximum absolute atomic E-state index is 13.0. The molecule has 1 aromatic heterocycles. The summed E-state index contributed by atoms with van der Waals surface area (Å²) in [7, 11) is 0. The van der Waals surface area contributed by atoms with Crippen molar-refractivity contribution >= 4 is 34.9 Å². The lowest BCUT2D eigenvalue weighted by molar-refractivity contribution is -0.132. The Morgan fingerprint density at radius 2 is 1.80 bits per heavy atom. The summed E-state index contributed by atoms with van der Waals surface area (Å²) < 4.78 is 5.13. The van der Waals surface area contributed by atoms with Gasteiger partial charge in [-0.2, -0.15) is 0 Å². The largest absolute Gasteiger partial charge is 0.507 e. The van der Waals surface area contributed by atoms with Crippen molar-refractivity contribution in [1.82, 2.24) is 5.16 Å². The zero-order valence-corrected chi connectivity index (χ0v) is 17.2. The number of amides is 1. The van der Waals surface area contributed by atoms with Crippen molar-refractivity contribution in [2.75, 3.05) is 4.90 Å². The summed E-state index contributed by atoms with van der Waals surface area (Å²) in [5.41, 5.74) is 2.18. The minimum atomic E-state index is -0.837. The van der Waals surface area contributed by atoms with Gasteiger partial charge < -0.3 is 9.63 Å². The first-order chi connectivity index (χ1) is 14.4. The van der Waals surface area contributed by atoms with E-state index in [4.69, 9.17) is 16.1 Å². The first kappa shape index (κ1) is 19.9. The van der Waals surface area contributed by atoms with E-state index in [-0.39, 0.29) is 17.2 Å². The van der Waals surface area contributed by atoms with Gasteiger partial charge in [0, 0.05) is 16.7 Å². The number of halogens is 1. The number of nitrogens with zero attached hydrogens (tertiary/aromatic N) is 2. The molecule has 1 saturated heterocycles. The molecule has 2 aromatic carbocycles. The molecule has 6 nitrogen and oxygen atoms in total. The topological polar surface area (TPSA) is 83.6 Å². The second kappa shape index (κ2) is 7.80. The zero-order chi connectivity index (χ0) is 21.4. The highest BCUT2D eigenvalue weighted by atomic mass is 35.5. The number of rotatable bonds is 4. The highest BCUT2D eigenvalue weighted by molar-refractivity contribution is 6.51. The summed E-state index contributed by atoms with van der Waals surface area (Å²) in [5.74, 6) is -1.10. The number of carbonyl (C=O) groups excluding carboxylic acids is 2. The molecule has 3 aromatic rings. The number of aromatic nitrogens is 1. The van der Waals surface area contributed by atoms with Gasteiger partial charge in [0.05, 0.1) is 11.6 Å². The van der Waals surface area contributed by atoms with Gasteiger partial charge in [-0.05, 0) is 48.7 Å². The maximum Gasteiger partial charge on any atom is 0.301 e. The molecule has 0 aliphatic carbocycles. The van der Waals surface area contributed by atoms with E-state index in [0.29, 0.717) is 21.9 Å². The normalized spacial score (nSPS) is 18.2. The standard InChI is InChI=1S/C23H19ClN2O4/c1-3-14-4-6-15(7-5-14)20-19(21(27)16-8-10-17(24)11-9-16)22(28)23(29)26(20)18-12-13(2)30-25-18/h4-12,20,27H,3H2,1-2H3/b21-19+/t20-/m1/s1. The average molecular weight is 423 g/mol. The summed E-state index contributed by atoms with van der Waals surface area (Å²) in [6.07, 6.45) is 0.855. The maximum atomic E-state index is 13.0. The zero-order valence-electron chi connectivity index (χ0n) is 16.4. The van der Waals surface area contributed by atoms with Crippen LogP contribution in [-0.4, -0.2) is 22.0 Å². The molecule has 0 spiro atoms. The highest BCUT2D eigenvalue weighted by Gasteiger charge is 2.48. The summed E-state index contributed by atoms with van der Waals surface area (Å²) in [5, 5.41) is 15.4. The molecule has 1 N–H and O–H groups in total. The molecule has 7 heteroatoms. The summed E-state index contributed by atoms with van der Waals surface area (Å²) >= 11 is 5.94. The lowest BCUT2D eigenvalue weighted by atomic mass is 9.94. The van der Waals surface area contributed by atoms with E-state index in [9.17, 15) is 14.7 Å². The summed E-state index contributed by atoms with van der Waals surface area (Å²) in [6.45, 7) is 3.74. The van der Waals surface area contributed by atoms with E-state index >= 15 is 0 Å². The predicted molar refractivity (Wildman–Crippen MR) is 113 cm³/mol. The van der Waals surface area contributed by atoms with Crippen molar-refractivity contribution in [2.24, 2.45) is 0 Å². The van der Waals surface area contributed by atoms with Crippen molar-refractivity contribution in [3.63, 3.8) is 0 Å². The second-order valence-electron chi connectivity index (χ2n) is 7.07. The Balaban J connectivity index is 1.92. The van der Waals surface area contributed by atoms with Crippen LogP contribution in [0.1, 0.15) is 35.4 Å². The van der Waals surface area contributed by atoms with Crippen LogP contribution in [0, 0.1) is 6.92 Å². The van der Waals surface area contributed by atoms with Gasteiger partial charge in [0.2, 0.25) is 0 Å². The first-order valence-corrected chi connectivity index (χ1v) is 9.87. The lowest BCUT2D eigenvalue weighted by Gasteiger charge is -2.23. The fourth-order valence-electron chi connectivity index (χ4n) is 3.55. The number of carbonyl (C=O) groups is 2. The molecular weight excluding hydrogens is 404 g/mol. The minimum absolute atomic E-state index is 0.00720. The third-order valence-electron chi connectivity index (χ3n) is 5.13. The van der Waals surface area contributed by atoms with Crippen LogP contribution in [0.5, 0.6) is 0 Å². The Hall–Kier alpha value is -3.38. The number of aliphatic hydroxyl groups is 1. The number of ketones is 1. The van der Waals surface area contributed by atoms with Crippen LogP contribution in [0.2, 0.25) is 5.02 Å². The van der Waals surface area contributed by atoms with Crippen LogP contribution in [0.4, 0.5) is 5.82 Å².